The Labute approximate surface area is 153 Å². The Morgan fingerprint density at radius 1 is 0.808 bits per heavy atom. The van der Waals surface area contributed by atoms with Gasteiger partial charge in [0.25, 0.3) is 0 Å². The third-order valence-electron chi connectivity index (χ3n) is 6.10. The SMILES string of the molecule is CO[C@]1(C)C[C@@]2(CO2)[C@H](O)[C@@H](/C=C/[C@H]2O[C@](C)(OC)C[C@@]3(CO3)[C@@H]2O)O1. The van der Waals surface area contributed by atoms with E-state index in [1.165, 1.54) is 0 Å². The van der Waals surface area contributed by atoms with Crippen molar-refractivity contribution in [2.75, 3.05) is 27.4 Å². The minimum absolute atomic E-state index is 0.462. The van der Waals surface area contributed by atoms with Crippen molar-refractivity contribution in [3.8, 4) is 0 Å². The smallest absolute Gasteiger partial charge is 0.169 e. The van der Waals surface area contributed by atoms with E-state index in [0.29, 0.717) is 26.1 Å². The first-order chi connectivity index (χ1) is 12.2. The molecule has 2 spiro atoms. The van der Waals surface area contributed by atoms with Crippen LogP contribution in [0.2, 0.25) is 0 Å². The summed E-state index contributed by atoms with van der Waals surface area (Å²) in [5.41, 5.74) is -1.27. The summed E-state index contributed by atoms with van der Waals surface area (Å²) in [4.78, 5) is 0. The summed E-state index contributed by atoms with van der Waals surface area (Å²) < 4.78 is 33.9. The van der Waals surface area contributed by atoms with Crippen LogP contribution in [0.1, 0.15) is 26.7 Å². The van der Waals surface area contributed by atoms with Gasteiger partial charge in [0.2, 0.25) is 0 Å². The van der Waals surface area contributed by atoms with E-state index >= 15 is 0 Å². The van der Waals surface area contributed by atoms with Gasteiger partial charge in [0.1, 0.15) is 35.6 Å². The monoisotopic (exact) mass is 372 g/mol. The zero-order chi connectivity index (χ0) is 18.8. The molecule has 4 aliphatic heterocycles. The van der Waals surface area contributed by atoms with E-state index < -0.39 is 47.2 Å². The molecule has 4 fully saturated rings. The third-order valence-corrected chi connectivity index (χ3v) is 6.10. The Kier molecular flexibility index (Phi) is 4.30. The maximum absolute atomic E-state index is 10.6. The topological polar surface area (TPSA) is 102 Å². The maximum atomic E-state index is 10.6. The maximum Gasteiger partial charge on any atom is 0.169 e. The molecule has 4 aliphatic rings. The number of hydrogen-bond donors (Lipinski definition) is 2. The van der Waals surface area contributed by atoms with Gasteiger partial charge in [-0.2, -0.15) is 0 Å². The third kappa shape index (κ3) is 3.02. The fourth-order valence-corrected chi connectivity index (χ4v) is 4.16. The summed E-state index contributed by atoms with van der Waals surface area (Å²) in [5.74, 6) is -1.70. The highest BCUT2D eigenvalue weighted by Crippen LogP contribution is 2.48. The summed E-state index contributed by atoms with van der Waals surface area (Å²) in [7, 11) is 3.14. The number of aliphatic hydroxyl groups is 2. The molecular weight excluding hydrogens is 344 g/mol. The predicted octanol–water partition coefficient (Wildman–Crippen LogP) is 0.105. The van der Waals surface area contributed by atoms with Gasteiger partial charge in [-0.3, -0.25) is 0 Å². The summed E-state index contributed by atoms with van der Waals surface area (Å²) in [6.07, 6.45) is 1.42. The van der Waals surface area contributed by atoms with Crippen LogP contribution in [0, 0.1) is 0 Å². The Hall–Kier alpha value is -0.580. The second-order valence-corrected chi connectivity index (χ2v) is 8.18. The molecule has 26 heavy (non-hydrogen) atoms. The summed E-state index contributed by atoms with van der Waals surface area (Å²) in [6.45, 7) is 4.60. The van der Waals surface area contributed by atoms with E-state index in [1.807, 2.05) is 13.8 Å². The summed E-state index contributed by atoms with van der Waals surface area (Å²) in [5, 5.41) is 21.3. The van der Waals surface area contributed by atoms with Crippen molar-refractivity contribution in [2.45, 2.75) is 73.9 Å². The van der Waals surface area contributed by atoms with Gasteiger partial charge in [-0.1, -0.05) is 12.2 Å². The van der Waals surface area contributed by atoms with Crippen LogP contribution in [0.15, 0.2) is 12.2 Å². The molecule has 8 heteroatoms. The van der Waals surface area contributed by atoms with Crippen molar-refractivity contribution >= 4 is 0 Å². The molecule has 148 valence electrons. The molecule has 8 atom stereocenters. The van der Waals surface area contributed by atoms with Crippen molar-refractivity contribution in [3.63, 3.8) is 0 Å². The lowest BCUT2D eigenvalue weighted by Crippen LogP contribution is -2.57. The average molecular weight is 372 g/mol. The molecular formula is C18H28O8. The Morgan fingerprint density at radius 2 is 1.15 bits per heavy atom. The molecule has 4 rings (SSSR count). The molecule has 0 unspecified atom stereocenters. The Bertz CT molecular complexity index is 536. The zero-order valence-electron chi connectivity index (χ0n) is 15.6. The first-order valence-corrected chi connectivity index (χ1v) is 8.97. The van der Waals surface area contributed by atoms with E-state index in [-0.39, 0.29) is 0 Å². The molecule has 0 aliphatic carbocycles. The minimum Gasteiger partial charge on any atom is -0.387 e. The van der Waals surface area contributed by atoms with E-state index in [2.05, 4.69) is 0 Å². The number of epoxide rings is 2. The van der Waals surface area contributed by atoms with Gasteiger partial charge in [-0.25, -0.2) is 0 Å². The lowest BCUT2D eigenvalue weighted by atomic mass is 9.85. The van der Waals surface area contributed by atoms with Crippen molar-refractivity contribution in [1.82, 2.24) is 0 Å². The molecule has 0 aromatic carbocycles. The Morgan fingerprint density at radius 3 is 1.42 bits per heavy atom. The molecule has 8 nitrogen and oxygen atoms in total. The molecule has 0 amide bonds. The second-order valence-electron chi connectivity index (χ2n) is 8.18. The van der Waals surface area contributed by atoms with Gasteiger partial charge in [0.15, 0.2) is 11.6 Å². The van der Waals surface area contributed by atoms with Crippen LogP contribution < -0.4 is 0 Å². The fraction of sp³-hybridized carbons (Fsp3) is 0.889. The highest BCUT2D eigenvalue weighted by molar-refractivity contribution is 5.17. The molecule has 4 saturated heterocycles. The van der Waals surface area contributed by atoms with Crippen LogP contribution >= 0.6 is 0 Å². The molecule has 0 saturated carbocycles. The quantitative estimate of drug-likeness (QED) is 0.529. The van der Waals surface area contributed by atoms with Gasteiger partial charge >= 0.3 is 0 Å². The number of rotatable bonds is 4. The Balaban J connectivity index is 1.52. The van der Waals surface area contributed by atoms with Crippen LogP contribution in [-0.2, 0) is 28.4 Å². The average Bonchev–Trinajstić information content (AvgIpc) is 3.53. The zero-order valence-corrected chi connectivity index (χ0v) is 15.6. The minimum atomic E-state index is -0.849. The van der Waals surface area contributed by atoms with Crippen molar-refractivity contribution in [2.24, 2.45) is 0 Å². The van der Waals surface area contributed by atoms with Crippen LogP contribution in [-0.4, -0.2) is 84.8 Å². The number of hydrogen-bond acceptors (Lipinski definition) is 8. The largest absolute Gasteiger partial charge is 0.387 e. The lowest BCUT2D eigenvalue weighted by molar-refractivity contribution is -0.289. The highest BCUT2D eigenvalue weighted by atomic mass is 16.7. The number of ether oxygens (including phenoxy) is 6. The van der Waals surface area contributed by atoms with Gasteiger partial charge < -0.3 is 38.6 Å². The molecule has 0 bridgehead atoms. The highest BCUT2D eigenvalue weighted by Gasteiger charge is 2.63. The van der Waals surface area contributed by atoms with Crippen LogP contribution in [0.5, 0.6) is 0 Å². The number of methoxy groups -OCH3 is 2. The number of aliphatic hydroxyl groups excluding tert-OH is 2. The molecule has 0 radical (unpaired) electrons. The van der Waals surface area contributed by atoms with Gasteiger partial charge in [0.05, 0.1) is 13.2 Å². The first kappa shape index (κ1) is 18.8. The van der Waals surface area contributed by atoms with Crippen LogP contribution in [0.4, 0.5) is 0 Å². The van der Waals surface area contributed by atoms with Crippen LogP contribution in [0.3, 0.4) is 0 Å². The van der Waals surface area contributed by atoms with E-state index in [1.54, 1.807) is 26.4 Å². The fourth-order valence-electron chi connectivity index (χ4n) is 4.16. The molecule has 2 N–H and O–H groups in total. The molecule has 0 aromatic rings. The van der Waals surface area contributed by atoms with Crippen molar-refractivity contribution in [1.29, 1.82) is 0 Å². The molecule has 0 aromatic heterocycles. The van der Waals surface area contributed by atoms with Gasteiger partial charge in [-0.15, -0.1) is 0 Å². The van der Waals surface area contributed by atoms with E-state index in [0.717, 1.165) is 0 Å². The van der Waals surface area contributed by atoms with Crippen molar-refractivity contribution in [3.05, 3.63) is 12.2 Å². The van der Waals surface area contributed by atoms with E-state index in [9.17, 15) is 10.2 Å². The lowest BCUT2D eigenvalue weighted by Gasteiger charge is -2.44. The first-order valence-electron chi connectivity index (χ1n) is 8.97. The standard InChI is InChI=1S/C18H28O8/c1-15(21-3)7-17(9-23-17)13(19)11(25-15)5-6-12-14(20)18(10-24-18)8-16(2,22-4)26-12/h5-6,11-14,19-20H,7-10H2,1-4H3/b6-5+/t11-,12-,13-,14-,15+,16+,17-,18-/m1/s1. The van der Waals surface area contributed by atoms with E-state index in [4.69, 9.17) is 28.4 Å². The normalized spacial score (nSPS) is 56.4. The van der Waals surface area contributed by atoms with Crippen molar-refractivity contribution < 1.29 is 38.6 Å². The van der Waals surface area contributed by atoms with Gasteiger partial charge in [0, 0.05) is 27.1 Å². The predicted molar refractivity (Wildman–Crippen MR) is 88.3 cm³/mol. The van der Waals surface area contributed by atoms with Crippen LogP contribution in [0.25, 0.3) is 0 Å². The molecule has 4 heterocycles. The summed E-state index contributed by atoms with van der Waals surface area (Å²) in [6, 6.07) is 0. The summed E-state index contributed by atoms with van der Waals surface area (Å²) >= 11 is 0. The van der Waals surface area contributed by atoms with Gasteiger partial charge in [-0.05, 0) is 13.8 Å². The second kappa shape index (κ2) is 5.96.